The molecule has 0 saturated heterocycles. The van der Waals surface area contributed by atoms with E-state index in [4.69, 9.17) is 4.74 Å². The molecule has 130 valence electrons. The lowest BCUT2D eigenvalue weighted by molar-refractivity contribution is 0.414. The van der Waals surface area contributed by atoms with Crippen molar-refractivity contribution in [2.45, 2.75) is 19.9 Å². The molecule has 0 aliphatic carbocycles. The Morgan fingerprint density at radius 2 is 1.79 bits per heavy atom. The summed E-state index contributed by atoms with van der Waals surface area (Å²) in [6.07, 6.45) is 0.977. The zero-order chi connectivity index (χ0) is 16.5. The smallest absolute Gasteiger partial charge is 0.191 e. The van der Waals surface area contributed by atoms with Gasteiger partial charge in [-0.2, -0.15) is 0 Å². The van der Waals surface area contributed by atoms with Crippen LogP contribution in [0.4, 0.5) is 0 Å². The maximum absolute atomic E-state index is 5.16. The standard InChI is InChI=1S/C19H25N3O.HI/c1-15-5-4-6-16(13-15)11-12-21-19(20-2)22-14-17-7-9-18(23-3)10-8-17;/h4-10,13H,11-12,14H2,1-3H3,(H2,20,21,22);1H. The Balaban J connectivity index is 0.00000288. The van der Waals surface area contributed by atoms with Crippen molar-refractivity contribution in [2.24, 2.45) is 4.99 Å². The number of ether oxygens (including phenoxy) is 1. The van der Waals surface area contributed by atoms with Crippen molar-refractivity contribution in [1.29, 1.82) is 0 Å². The minimum atomic E-state index is 0. The van der Waals surface area contributed by atoms with Gasteiger partial charge in [-0.25, -0.2) is 0 Å². The fourth-order valence-corrected chi connectivity index (χ4v) is 2.34. The van der Waals surface area contributed by atoms with Crippen LogP contribution in [0, 0.1) is 6.92 Å². The summed E-state index contributed by atoms with van der Waals surface area (Å²) < 4.78 is 5.16. The van der Waals surface area contributed by atoms with Crippen LogP contribution < -0.4 is 15.4 Å². The molecule has 0 unspecified atom stereocenters. The highest BCUT2D eigenvalue weighted by molar-refractivity contribution is 14.0. The van der Waals surface area contributed by atoms with Crippen molar-refractivity contribution in [3.63, 3.8) is 0 Å². The molecule has 2 rings (SSSR count). The number of hydrogen-bond acceptors (Lipinski definition) is 2. The van der Waals surface area contributed by atoms with Crippen LogP contribution in [0.5, 0.6) is 5.75 Å². The van der Waals surface area contributed by atoms with Crippen LogP contribution in [0.25, 0.3) is 0 Å². The molecular formula is C19H26IN3O. The minimum absolute atomic E-state index is 0. The van der Waals surface area contributed by atoms with Gasteiger partial charge in [-0.1, -0.05) is 42.0 Å². The van der Waals surface area contributed by atoms with E-state index in [1.807, 2.05) is 24.3 Å². The summed E-state index contributed by atoms with van der Waals surface area (Å²) in [4.78, 5) is 4.26. The number of aryl methyl sites for hydroxylation is 1. The van der Waals surface area contributed by atoms with Gasteiger partial charge in [0, 0.05) is 20.1 Å². The first kappa shape index (κ1) is 20.3. The number of nitrogens with zero attached hydrogens (tertiary/aromatic N) is 1. The predicted molar refractivity (Wildman–Crippen MR) is 111 cm³/mol. The Hall–Kier alpha value is -1.76. The van der Waals surface area contributed by atoms with Crippen LogP contribution >= 0.6 is 24.0 Å². The van der Waals surface area contributed by atoms with Gasteiger partial charge in [0.15, 0.2) is 5.96 Å². The number of nitrogens with one attached hydrogen (secondary N) is 2. The third kappa shape index (κ3) is 6.78. The van der Waals surface area contributed by atoms with Gasteiger partial charge in [0.05, 0.1) is 7.11 Å². The van der Waals surface area contributed by atoms with Gasteiger partial charge >= 0.3 is 0 Å². The van der Waals surface area contributed by atoms with Gasteiger partial charge in [0.1, 0.15) is 5.75 Å². The molecule has 2 aromatic rings. The Bertz CT molecular complexity index is 641. The third-order valence-electron chi connectivity index (χ3n) is 3.63. The average Bonchev–Trinajstić information content (AvgIpc) is 2.58. The second kappa shape index (κ2) is 10.9. The summed E-state index contributed by atoms with van der Waals surface area (Å²) >= 11 is 0. The zero-order valence-corrected chi connectivity index (χ0v) is 16.8. The molecular weight excluding hydrogens is 413 g/mol. The maximum atomic E-state index is 5.16. The van der Waals surface area contributed by atoms with Gasteiger partial charge in [-0.05, 0) is 36.6 Å². The molecule has 4 nitrogen and oxygen atoms in total. The van der Waals surface area contributed by atoms with Gasteiger partial charge in [0.25, 0.3) is 0 Å². The van der Waals surface area contributed by atoms with Gasteiger partial charge in [-0.3, -0.25) is 4.99 Å². The van der Waals surface area contributed by atoms with E-state index in [0.717, 1.165) is 31.2 Å². The Kier molecular flexibility index (Phi) is 9.22. The quantitative estimate of drug-likeness (QED) is 0.411. The molecule has 0 saturated carbocycles. The third-order valence-corrected chi connectivity index (χ3v) is 3.63. The molecule has 2 aromatic carbocycles. The van der Waals surface area contributed by atoms with E-state index in [2.05, 4.69) is 46.8 Å². The summed E-state index contributed by atoms with van der Waals surface area (Å²) in [6, 6.07) is 16.6. The van der Waals surface area contributed by atoms with Crippen LogP contribution in [0.3, 0.4) is 0 Å². The highest BCUT2D eigenvalue weighted by atomic mass is 127. The number of methoxy groups -OCH3 is 1. The molecule has 0 atom stereocenters. The SMILES string of the molecule is CN=C(NCCc1cccc(C)c1)NCc1ccc(OC)cc1.I. The normalized spacial score (nSPS) is 10.7. The zero-order valence-electron chi connectivity index (χ0n) is 14.5. The van der Waals surface area contributed by atoms with Crippen LogP contribution in [-0.2, 0) is 13.0 Å². The first-order chi connectivity index (χ1) is 11.2. The van der Waals surface area contributed by atoms with E-state index < -0.39 is 0 Å². The van der Waals surface area contributed by atoms with Gasteiger partial charge < -0.3 is 15.4 Å². The molecule has 2 N–H and O–H groups in total. The molecule has 0 amide bonds. The van der Waals surface area contributed by atoms with E-state index in [9.17, 15) is 0 Å². The molecule has 0 aliphatic rings. The fourth-order valence-electron chi connectivity index (χ4n) is 2.34. The second-order valence-electron chi connectivity index (χ2n) is 5.44. The van der Waals surface area contributed by atoms with Crippen LogP contribution in [0.2, 0.25) is 0 Å². The van der Waals surface area contributed by atoms with Crippen LogP contribution in [0.1, 0.15) is 16.7 Å². The van der Waals surface area contributed by atoms with Crippen LogP contribution in [-0.4, -0.2) is 26.7 Å². The van der Waals surface area contributed by atoms with Gasteiger partial charge in [0.2, 0.25) is 0 Å². The molecule has 0 bridgehead atoms. The lowest BCUT2D eigenvalue weighted by atomic mass is 10.1. The molecule has 0 radical (unpaired) electrons. The summed E-state index contributed by atoms with van der Waals surface area (Å²) in [5.41, 5.74) is 3.82. The second-order valence-corrected chi connectivity index (χ2v) is 5.44. The number of hydrogen-bond donors (Lipinski definition) is 2. The number of rotatable bonds is 6. The Labute approximate surface area is 161 Å². The number of benzene rings is 2. The van der Waals surface area contributed by atoms with E-state index >= 15 is 0 Å². The minimum Gasteiger partial charge on any atom is -0.497 e. The first-order valence-electron chi connectivity index (χ1n) is 7.84. The lowest BCUT2D eigenvalue weighted by Crippen LogP contribution is -2.37. The van der Waals surface area contributed by atoms with Crippen molar-refractivity contribution in [1.82, 2.24) is 10.6 Å². The predicted octanol–water partition coefficient (Wildman–Crippen LogP) is 3.53. The summed E-state index contributed by atoms with van der Waals surface area (Å²) in [7, 11) is 3.46. The molecule has 0 fully saturated rings. The Morgan fingerprint density at radius 1 is 1.04 bits per heavy atom. The fraction of sp³-hybridized carbons (Fsp3) is 0.316. The summed E-state index contributed by atoms with van der Waals surface area (Å²) in [5, 5.41) is 6.66. The van der Waals surface area contributed by atoms with Crippen LogP contribution in [0.15, 0.2) is 53.5 Å². The number of aliphatic imine (C=N–C) groups is 1. The highest BCUT2D eigenvalue weighted by Crippen LogP contribution is 2.10. The van der Waals surface area contributed by atoms with E-state index in [1.54, 1.807) is 14.2 Å². The van der Waals surface area contributed by atoms with E-state index in [1.165, 1.54) is 16.7 Å². The number of halogens is 1. The lowest BCUT2D eigenvalue weighted by Gasteiger charge is -2.12. The summed E-state index contributed by atoms with van der Waals surface area (Å²) in [5.74, 6) is 1.68. The van der Waals surface area contributed by atoms with Gasteiger partial charge in [-0.15, -0.1) is 24.0 Å². The molecule has 0 aliphatic heterocycles. The first-order valence-corrected chi connectivity index (χ1v) is 7.84. The molecule has 24 heavy (non-hydrogen) atoms. The molecule has 0 aromatic heterocycles. The van der Waals surface area contributed by atoms with E-state index in [0.29, 0.717) is 0 Å². The number of guanidine groups is 1. The summed E-state index contributed by atoms with van der Waals surface area (Å²) in [6.45, 7) is 3.70. The van der Waals surface area contributed by atoms with Crippen molar-refractivity contribution < 1.29 is 4.74 Å². The monoisotopic (exact) mass is 439 g/mol. The van der Waals surface area contributed by atoms with Crippen molar-refractivity contribution >= 4 is 29.9 Å². The van der Waals surface area contributed by atoms with E-state index in [-0.39, 0.29) is 24.0 Å². The van der Waals surface area contributed by atoms with Crippen molar-refractivity contribution in [3.05, 3.63) is 65.2 Å². The average molecular weight is 439 g/mol. The molecule has 0 heterocycles. The maximum Gasteiger partial charge on any atom is 0.191 e. The van der Waals surface area contributed by atoms with Crippen molar-refractivity contribution in [3.8, 4) is 5.75 Å². The Morgan fingerprint density at radius 3 is 2.42 bits per heavy atom. The topological polar surface area (TPSA) is 45.7 Å². The highest BCUT2D eigenvalue weighted by Gasteiger charge is 2.00. The largest absolute Gasteiger partial charge is 0.497 e. The molecule has 5 heteroatoms. The molecule has 0 spiro atoms. The van der Waals surface area contributed by atoms with Crippen molar-refractivity contribution in [2.75, 3.05) is 20.7 Å².